The quantitative estimate of drug-likeness (QED) is 0.509. The molecule has 142 valence electrons. The summed E-state index contributed by atoms with van der Waals surface area (Å²) >= 11 is 7.32. The molecule has 0 saturated carbocycles. The second-order valence-electron chi connectivity index (χ2n) is 6.44. The largest absolute Gasteiger partial charge is 0.493 e. The van der Waals surface area contributed by atoms with Gasteiger partial charge in [-0.25, -0.2) is 0 Å². The molecular weight excluding hydrogens is 380 g/mol. The van der Waals surface area contributed by atoms with Gasteiger partial charge < -0.3 is 4.74 Å². The number of ether oxygens (including phenoxy) is 1. The summed E-state index contributed by atoms with van der Waals surface area (Å²) < 4.78 is 7.24. The summed E-state index contributed by atoms with van der Waals surface area (Å²) in [5.41, 5.74) is 1.70. The zero-order chi connectivity index (χ0) is 19.2. The lowest BCUT2D eigenvalue weighted by Gasteiger charge is -2.13. The Kier molecular flexibility index (Phi) is 6.69. The van der Waals surface area contributed by atoms with Crippen LogP contribution in [0.15, 0.2) is 53.3 Å². The first kappa shape index (κ1) is 19.6. The van der Waals surface area contributed by atoms with Crippen molar-refractivity contribution >= 4 is 22.9 Å². The monoisotopic (exact) mass is 402 g/mol. The Morgan fingerprint density at radius 3 is 2.48 bits per heavy atom. The highest BCUT2D eigenvalue weighted by molar-refractivity contribution is 7.08. The average Bonchev–Trinajstić information content (AvgIpc) is 3.04. The Balaban J connectivity index is 1.69. The van der Waals surface area contributed by atoms with Gasteiger partial charge in [0.2, 0.25) is 0 Å². The van der Waals surface area contributed by atoms with Crippen molar-refractivity contribution in [3.8, 4) is 11.4 Å². The number of hydrogen-bond donors (Lipinski definition) is 0. The maximum atomic E-state index is 12.3. The van der Waals surface area contributed by atoms with Crippen molar-refractivity contribution in [2.24, 2.45) is 5.92 Å². The molecule has 3 rings (SSSR count). The summed E-state index contributed by atoms with van der Waals surface area (Å²) in [5, 5.41) is 5.71. The third kappa shape index (κ3) is 4.99. The van der Waals surface area contributed by atoms with Crippen LogP contribution in [0.25, 0.3) is 5.69 Å². The first-order chi connectivity index (χ1) is 13.1. The van der Waals surface area contributed by atoms with Crippen molar-refractivity contribution in [2.75, 3.05) is 6.61 Å². The zero-order valence-corrected chi connectivity index (χ0v) is 17.1. The summed E-state index contributed by atoms with van der Waals surface area (Å²) in [7, 11) is 0. The highest BCUT2D eigenvalue weighted by Gasteiger charge is 2.11. The molecule has 0 bridgehead atoms. The maximum absolute atomic E-state index is 12.3. The van der Waals surface area contributed by atoms with Gasteiger partial charge in [0, 0.05) is 6.42 Å². The van der Waals surface area contributed by atoms with Crippen molar-refractivity contribution in [3.05, 3.63) is 73.8 Å². The fraction of sp³-hybridized carbons (Fsp3) is 0.333. The van der Waals surface area contributed by atoms with Gasteiger partial charge in [-0.05, 0) is 35.7 Å². The van der Waals surface area contributed by atoms with E-state index >= 15 is 0 Å². The van der Waals surface area contributed by atoms with Gasteiger partial charge in [0.15, 0.2) is 0 Å². The van der Waals surface area contributed by atoms with E-state index < -0.39 is 0 Å². The molecule has 0 unspecified atom stereocenters. The van der Waals surface area contributed by atoms with Gasteiger partial charge in [0.1, 0.15) is 10.8 Å². The number of hydrogen-bond acceptors (Lipinski definition) is 4. The number of nitrogens with zero attached hydrogens (tertiary/aromatic N) is 2. The molecule has 0 aliphatic carbocycles. The molecule has 0 atom stereocenters. The fourth-order valence-corrected chi connectivity index (χ4v) is 3.78. The van der Waals surface area contributed by atoms with Gasteiger partial charge >= 0.3 is 4.87 Å². The van der Waals surface area contributed by atoms with Gasteiger partial charge in [0.05, 0.1) is 17.3 Å². The lowest BCUT2D eigenvalue weighted by Crippen LogP contribution is -2.12. The molecule has 3 aromatic rings. The maximum Gasteiger partial charge on any atom is 0.329 e. The first-order valence-electron chi connectivity index (χ1n) is 9.16. The van der Waals surface area contributed by atoms with E-state index in [1.165, 1.54) is 4.68 Å². The summed E-state index contributed by atoms with van der Waals surface area (Å²) in [5.74, 6) is 1.47. The minimum absolute atomic E-state index is 0.136. The Hall–Kier alpha value is -2.11. The van der Waals surface area contributed by atoms with E-state index in [1.54, 1.807) is 12.1 Å². The summed E-state index contributed by atoms with van der Waals surface area (Å²) in [6.07, 6.45) is 2.85. The van der Waals surface area contributed by atoms with Crippen LogP contribution in [0.2, 0.25) is 5.02 Å². The van der Waals surface area contributed by atoms with Crippen LogP contribution in [0.5, 0.6) is 5.75 Å². The smallest absolute Gasteiger partial charge is 0.329 e. The number of rotatable bonds is 8. The minimum atomic E-state index is -0.136. The first-order valence-corrected chi connectivity index (χ1v) is 10.4. The van der Waals surface area contributed by atoms with E-state index in [1.807, 2.05) is 36.4 Å². The SMILES string of the molecule is CCC(CC)COc1ccc(Cc2nn(-c3ccccc3Cl)c(=O)s2)cc1. The van der Waals surface area contributed by atoms with Crippen LogP contribution in [0.3, 0.4) is 0 Å². The van der Waals surface area contributed by atoms with Gasteiger partial charge in [-0.3, -0.25) is 4.79 Å². The Morgan fingerprint density at radius 1 is 1.11 bits per heavy atom. The Bertz CT molecular complexity index is 930. The average molecular weight is 403 g/mol. The Labute approximate surface area is 168 Å². The van der Waals surface area contributed by atoms with Crippen molar-refractivity contribution in [1.29, 1.82) is 0 Å². The van der Waals surface area contributed by atoms with E-state index in [0.29, 0.717) is 23.0 Å². The van der Waals surface area contributed by atoms with Crippen LogP contribution in [0.4, 0.5) is 0 Å². The number of para-hydroxylation sites is 1. The standard InChI is InChI=1S/C21H23ClN2O2S/c1-3-15(4-2)14-26-17-11-9-16(10-12-17)13-20-23-24(21(25)27-20)19-8-6-5-7-18(19)22/h5-12,15H,3-4,13-14H2,1-2H3. The molecule has 0 N–H and O–H groups in total. The molecule has 0 aliphatic rings. The van der Waals surface area contributed by atoms with Gasteiger partial charge in [-0.2, -0.15) is 9.78 Å². The molecule has 6 heteroatoms. The molecule has 27 heavy (non-hydrogen) atoms. The molecule has 0 saturated heterocycles. The normalized spacial score (nSPS) is 11.1. The van der Waals surface area contributed by atoms with Crippen LogP contribution in [-0.4, -0.2) is 16.4 Å². The summed E-state index contributed by atoms with van der Waals surface area (Å²) in [4.78, 5) is 12.1. The molecule has 0 fully saturated rings. The van der Waals surface area contributed by atoms with E-state index in [2.05, 4.69) is 18.9 Å². The van der Waals surface area contributed by atoms with E-state index in [-0.39, 0.29) is 4.87 Å². The van der Waals surface area contributed by atoms with E-state index in [9.17, 15) is 4.79 Å². The van der Waals surface area contributed by atoms with Crippen molar-refractivity contribution in [2.45, 2.75) is 33.1 Å². The lowest BCUT2D eigenvalue weighted by atomic mass is 10.1. The topological polar surface area (TPSA) is 44.1 Å². The van der Waals surface area contributed by atoms with Crippen molar-refractivity contribution in [3.63, 3.8) is 0 Å². The van der Waals surface area contributed by atoms with Gasteiger partial charge in [0.25, 0.3) is 0 Å². The second kappa shape index (κ2) is 9.20. The molecule has 0 amide bonds. The highest BCUT2D eigenvalue weighted by atomic mass is 35.5. The molecule has 0 spiro atoms. The van der Waals surface area contributed by atoms with Crippen LogP contribution < -0.4 is 9.61 Å². The molecule has 4 nitrogen and oxygen atoms in total. The number of benzene rings is 2. The summed E-state index contributed by atoms with van der Waals surface area (Å²) in [6.45, 7) is 5.12. The van der Waals surface area contributed by atoms with Gasteiger partial charge in [-0.1, -0.05) is 73.9 Å². The van der Waals surface area contributed by atoms with Crippen LogP contribution in [-0.2, 0) is 6.42 Å². The molecule has 1 aromatic heterocycles. The third-order valence-corrected chi connectivity index (χ3v) is 5.72. The predicted molar refractivity (Wildman–Crippen MR) is 112 cm³/mol. The zero-order valence-electron chi connectivity index (χ0n) is 15.5. The van der Waals surface area contributed by atoms with Crippen molar-refractivity contribution in [1.82, 2.24) is 9.78 Å². The molecule has 1 heterocycles. The molecular formula is C21H23ClN2O2S. The van der Waals surface area contributed by atoms with Crippen LogP contribution >= 0.6 is 22.9 Å². The number of aromatic nitrogens is 2. The summed E-state index contributed by atoms with van der Waals surface area (Å²) in [6, 6.07) is 15.2. The minimum Gasteiger partial charge on any atom is -0.493 e. The van der Waals surface area contributed by atoms with Crippen molar-refractivity contribution < 1.29 is 4.74 Å². The fourth-order valence-electron chi connectivity index (χ4n) is 2.78. The van der Waals surface area contributed by atoms with Crippen LogP contribution in [0, 0.1) is 5.92 Å². The van der Waals surface area contributed by atoms with Crippen LogP contribution in [0.1, 0.15) is 37.3 Å². The third-order valence-electron chi connectivity index (χ3n) is 4.59. The van der Waals surface area contributed by atoms with E-state index in [4.69, 9.17) is 16.3 Å². The number of halogens is 1. The second-order valence-corrected chi connectivity index (χ2v) is 7.87. The Morgan fingerprint density at radius 2 is 1.81 bits per heavy atom. The van der Waals surface area contributed by atoms with E-state index in [0.717, 1.165) is 47.1 Å². The molecule has 2 aromatic carbocycles. The highest BCUT2D eigenvalue weighted by Crippen LogP contribution is 2.20. The predicted octanol–water partition coefficient (Wildman–Crippen LogP) is 5.35. The molecule has 0 radical (unpaired) electrons. The molecule has 0 aliphatic heterocycles. The van der Waals surface area contributed by atoms with Gasteiger partial charge in [-0.15, -0.1) is 0 Å². The lowest BCUT2D eigenvalue weighted by molar-refractivity contribution is 0.240.